The monoisotopic (exact) mass is 219 g/mol. The maximum absolute atomic E-state index is 4.39. The van der Waals surface area contributed by atoms with Crippen molar-refractivity contribution >= 4 is 5.65 Å². The van der Waals surface area contributed by atoms with E-state index in [9.17, 15) is 0 Å². The first-order valence-electron chi connectivity index (χ1n) is 5.58. The lowest BCUT2D eigenvalue weighted by Gasteiger charge is -2.12. The summed E-state index contributed by atoms with van der Waals surface area (Å²) in [6, 6.07) is 0.440. The molecule has 1 unspecified atom stereocenters. The number of rotatable bonds is 4. The van der Waals surface area contributed by atoms with Gasteiger partial charge in [-0.3, -0.25) is 9.38 Å². The Bertz CT molecular complexity index is 472. The highest BCUT2D eigenvalue weighted by Gasteiger charge is 2.11. The summed E-state index contributed by atoms with van der Waals surface area (Å²) in [6.07, 6.45) is 5.66. The number of nitrogens with zero attached hydrogens (tertiary/aromatic N) is 4. The number of aryl methyl sites for hydroxylation is 1. The molecule has 16 heavy (non-hydrogen) atoms. The molecule has 0 aliphatic rings. The minimum Gasteiger partial charge on any atom is -0.317 e. The first kappa shape index (κ1) is 11.0. The maximum Gasteiger partial charge on any atom is 0.182 e. The van der Waals surface area contributed by atoms with E-state index in [0.29, 0.717) is 6.04 Å². The Morgan fingerprint density at radius 1 is 1.44 bits per heavy atom. The van der Waals surface area contributed by atoms with Crippen LogP contribution in [0.1, 0.15) is 24.9 Å². The summed E-state index contributed by atoms with van der Waals surface area (Å²) < 4.78 is 1.98. The predicted octanol–water partition coefficient (Wildman–Crippen LogP) is 0.973. The average molecular weight is 219 g/mol. The number of fused-ring (bicyclic) bond motifs is 1. The molecule has 0 amide bonds. The third-order valence-electron chi connectivity index (χ3n) is 2.91. The van der Waals surface area contributed by atoms with Crippen molar-refractivity contribution in [2.75, 3.05) is 7.05 Å². The molecular formula is C11H17N5. The van der Waals surface area contributed by atoms with Crippen molar-refractivity contribution in [2.24, 2.45) is 0 Å². The molecule has 0 saturated heterocycles. The van der Waals surface area contributed by atoms with Crippen LogP contribution < -0.4 is 5.32 Å². The second-order valence-electron chi connectivity index (χ2n) is 3.91. The summed E-state index contributed by atoms with van der Waals surface area (Å²) in [5.41, 5.74) is 1.87. The highest BCUT2D eigenvalue weighted by atomic mass is 15.2. The minimum absolute atomic E-state index is 0.440. The molecule has 2 aromatic heterocycles. The van der Waals surface area contributed by atoms with E-state index in [4.69, 9.17) is 0 Å². The van der Waals surface area contributed by atoms with Gasteiger partial charge in [-0.05, 0) is 20.4 Å². The van der Waals surface area contributed by atoms with Crippen LogP contribution >= 0.6 is 0 Å². The molecular weight excluding hydrogens is 202 g/mol. The standard InChI is InChI=1S/C11H17N5/c1-4-9(12-3)7-10-11-15-14-8(2)16(11)6-5-13-10/h5-6,9,12H,4,7H2,1-3H3. The van der Waals surface area contributed by atoms with Crippen molar-refractivity contribution in [3.05, 3.63) is 23.9 Å². The summed E-state index contributed by atoms with van der Waals surface area (Å²) in [5, 5.41) is 11.5. The quantitative estimate of drug-likeness (QED) is 0.832. The fraction of sp³-hybridized carbons (Fsp3) is 0.545. The maximum atomic E-state index is 4.39. The largest absolute Gasteiger partial charge is 0.317 e. The second kappa shape index (κ2) is 4.57. The van der Waals surface area contributed by atoms with Gasteiger partial charge in [0.05, 0.1) is 5.69 Å². The van der Waals surface area contributed by atoms with E-state index in [0.717, 1.165) is 30.0 Å². The van der Waals surface area contributed by atoms with Gasteiger partial charge in [0, 0.05) is 24.9 Å². The number of nitrogens with one attached hydrogen (secondary N) is 1. The Hall–Kier alpha value is -1.49. The minimum atomic E-state index is 0.440. The molecule has 5 heteroatoms. The molecule has 86 valence electrons. The fourth-order valence-electron chi connectivity index (χ4n) is 1.82. The number of aromatic nitrogens is 4. The lowest BCUT2D eigenvalue weighted by atomic mass is 10.1. The first-order chi connectivity index (χ1) is 7.76. The highest BCUT2D eigenvalue weighted by molar-refractivity contribution is 5.43. The SMILES string of the molecule is CCC(Cc1nccn2c(C)nnc12)NC. The number of hydrogen-bond acceptors (Lipinski definition) is 4. The van der Waals surface area contributed by atoms with Gasteiger partial charge in [-0.1, -0.05) is 6.92 Å². The average Bonchev–Trinajstić information content (AvgIpc) is 2.69. The molecule has 0 fully saturated rings. The van der Waals surface area contributed by atoms with Gasteiger partial charge in [0.1, 0.15) is 5.82 Å². The Balaban J connectivity index is 2.37. The summed E-state index contributed by atoms with van der Waals surface area (Å²) in [5.74, 6) is 0.899. The zero-order valence-electron chi connectivity index (χ0n) is 9.94. The van der Waals surface area contributed by atoms with Crippen LogP contribution in [0.2, 0.25) is 0 Å². The summed E-state index contributed by atoms with van der Waals surface area (Å²) in [6.45, 7) is 4.11. The van der Waals surface area contributed by atoms with E-state index >= 15 is 0 Å². The van der Waals surface area contributed by atoms with Crippen LogP contribution in [0.25, 0.3) is 5.65 Å². The van der Waals surface area contributed by atoms with Gasteiger partial charge < -0.3 is 5.32 Å². The molecule has 2 rings (SSSR count). The van der Waals surface area contributed by atoms with Gasteiger partial charge in [-0.2, -0.15) is 0 Å². The van der Waals surface area contributed by atoms with Gasteiger partial charge >= 0.3 is 0 Å². The predicted molar refractivity (Wildman–Crippen MR) is 62.4 cm³/mol. The van der Waals surface area contributed by atoms with Gasteiger partial charge in [0.15, 0.2) is 5.65 Å². The van der Waals surface area contributed by atoms with Crippen LogP contribution in [-0.4, -0.2) is 32.7 Å². The van der Waals surface area contributed by atoms with Crippen molar-refractivity contribution in [1.29, 1.82) is 0 Å². The molecule has 5 nitrogen and oxygen atoms in total. The molecule has 0 aromatic carbocycles. The van der Waals surface area contributed by atoms with Crippen LogP contribution in [0, 0.1) is 6.92 Å². The molecule has 1 atom stereocenters. The molecule has 0 bridgehead atoms. The van der Waals surface area contributed by atoms with Crippen molar-refractivity contribution in [3.63, 3.8) is 0 Å². The van der Waals surface area contributed by atoms with Crippen LogP contribution in [0.4, 0.5) is 0 Å². The van der Waals surface area contributed by atoms with Crippen LogP contribution in [0.5, 0.6) is 0 Å². The number of hydrogen-bond donors (Lipinski definition) is 1. The molecule has 1 N–H and O–H groups in total. The molecule has 0 aliphatic carbocycles. The Morgan fingerprint density at radius 2 is 2.25 bits per heavy atom. The summed E-state index contributed by atoms with van der Waals surface area (Å²) in [7, 11) is 1.98. The Morgan fingerprint density at radius 3 is 2.94 bits per heavy atom. The topological polar surface area (TPSA) is 55.1 Å². The van der Waals surface area contributed by atoms with E-state index in [-0.39, 0.29) is 0 Å². The van der Waals surface area contributed by atoms with Gasteiger partial charge in [-0.15, -0.1) is 10.2 Å². The third kappa shape index (κ3) is 1.90. The van der Waals surface area contributed by atoms with Crippen molar-refractivity contribution < 1.29 is 0 Å². The molecule has 0 saturated carbocycles. The van der Waals surface area contributed by atoms with Gasteiger partial charge in [-0.25, -0.2) is 0 Å². The van der Waals surface area contributed by atoms with E-state index in [2.05, 4.69) is 27.4 Å². The zero-order valence-corrected chi connectivity index (χ0v) is 9.94. The van der Waals surface area contributed by atoms with Gasteiger partial charge in [0.25, 0.3) is 0 Å². The normalized spacial score (nSPS) is 13.2. The second-order valence-corrected chi connectivity index (χ2v) is 3.91. The van der Waals surface area contributed by atoms with E-state index in [1.807, 2.05) is 24.6 Å². The summed E-state index contributed by atoms with van der Waals surface area (Å²) in [4.78, 5) is 4.39. The lowest BCUT2D eigenvalue weighted by molar-refractivity contribution is 0.538. The molecule has 0 radical (unpaired) electrons. The number of likely N-dealkylation sites (N-methyl/N-ethyl adjacent to an activating group) is 1. The van der Waals surface area contributed by atoms with Crippen molar-refractivity contribution in [1.82, 2.24) is 24.9 Å². The third-order valence-corrected chi connectivity index (χ3v) is 2.91. The van der Waals surface area contributed by atoms with Crippen LogP contribution in [-0.2, 0) is 6.42 Å². The van der Waals surface area contributed by atoms with Gasteiger partial charge in [0.2, 0.25) is 0 Å². The van der Waals surface area contributed by atoms with E-state index < -0.39 is 0 Å². The first-order valence-corrected chi connectivity index (χ1v) is 5.58. The lowest BCUT2D eigenvalue weighted by Crippen LogP contribution is -2.27. The Labute approximate surface area is 94.9 Å². The fourth-order valence-corrected chi connectivity index (χ4v) is 1.82. The zero-order chi connectivity index (χ0) is 11.5. The highest BCUT2D eigenvalue weighted by Crippen LogP contribution is 2.10. The van der Waals surface area contributed by atoms with E-state index in [1.165, 1.54) is 0 Å². The van der Waals surface area contributed by atoms with Crippen LogP contribution in [0.15, 0.2) is 12.4 Å². The van der Waals surface area contributed by atoms with Crippen LogP contribution in [0.3, 0.4) is 0 Å². The molecule has 2 aromatic rings. The van der Waals surface area contributed by atoms with E-state index in [1.54, 1.807) is 6.20 Å². The summed E-state index contributed by atoms with van der Waals surface area (Å²) >= 11 is 0. The molecule has 0 spiro atoms. The van der Waals surface area contributed by atoms with Crippen molar-refractivity contribution in [2.45, 2.75) is 32.7 Å². The Kier molecular flexibility index (Phi) is 3.14. The van der Waals surface area contributed by atoms with Crippen molar-refractivity contribution in [3.8, 4) is 0 Å². The molecule has 0 aliphatic heterocycles. The smallest absolute Gasteiger partial charge is 0.182 e. The molecule has 2 heterocycles.